The minimum absolute atomic E-state index is 0.102. The zero-order chi connectivity index (χ0) is 19.2. The normalized spacial score (nSPS) is 10.6. The summed E-state index contributed by atoms with van der Waals surface area (Å²) in [6, 6.07) is 18.6. The summed E-state index contributed by atoms with van der Waals surface area (Å²) in [6.45, 7) is 2.02. The van der Waals surface area contributed by atoms with Gasteiger partial charge in [0.15, 0.2) is 11.3 Å². The number of benzene rings is 2. The van der Waals surface area contributed by atoms with Gasteiger partial charge in [-0.25, -0.2) is 9.48 Å². The Morgan fingerprint density at radius 3 is 2.33 bits per heavy atom. The summed E-state index contributed by atoms with van der Waals surface area (Å²) in [5.74, 6) is -1.31. The van der Waals surface area contributed by atoms with Crippen molar-refractivity contribution < 1.29 is 14.6 Å². The fourth-order valence-corrected chi connectivity index (χ4v) is 2.77. The quantitative estimate of drug-likeness (QED) is 0.680. The van der Waals surface area contributed by atoms with Crippen LogP contribution in [0.15, 0.2) is 65.5 Å². The van der Waals surface area contributed by atoms with Crippen molar-refractivity contribution in [2.45, 2.75) is 19.9 Å². The highest BCUT2D eigenvalue weighted by Crippen LogP contribution is 2.28. The van der Waals surface area contributed by atoms with E-state index in [-0.39, 0.29) is 18.8 Å². The van der Waals surface area contributed by atoms with Gasteiger partial charge in [-0.15, -0.1) is 0 Å². The van der Waals surface area contributed by atoms with Crippen LogP contribution in [-0.2, 0) is 17.7 Å². The number of carbonyl (C=O) groups excluding carboxylic acids is 1. The van der Waals surface area contributed by atoms with Crippen LogP contribution in [0.3, 0.4) is 0 Å². The first-order valence-corrected chi connectivity index (χ1v) is 8.72. The molecule has 0 spiro atoms. The topological polar surface area (TPSA) is 81.4 Å². The summed E-state index contributed by atoms with van der Waals surface area (Å²) in [5, 5.41) is 14.9. The number of esters is 1. The molecule has 0 amide bonds. The molecule has 6 nitrogen and oxygen atoms in total. The zero-order valence-corrected chi connectivity index (χ0v) is 15.0. The molecule has 2 aromatic carbocycles. The molecule has 1 aromatic heterocycles. The van der Waals surface area contributed by atoms with E-state index in [4.69, 9.17) is 4.74 Å². The van der Waals surface area contributed by atoms with Crippen LogP contribution >= 0.6 is 0 Å². The van der Waals surface area contributed by atoms with Gasteiger partial charge in [0.05, 0.1) is 6.61 Å². The highest BCUT2D eigenvalue weighted by molar-refractivity contribution is 5.94. The Bertz CT molecular complexity index is 982. The van der Waals surface area contributed by atoms with E-state index >= 15 is 0 Å². The van der Waals surface area contributed by atoms with Crippen LogP contribution in [0.4, 0.5) is 0 Å². The van der Waals surface area contributed by atoms with Crippen LogP contribution in [0.25, 0.3) is 11.3 Å². The highest BCUT2D eigenvalue weighted by atomic mass is 16.5. The molecule has 0 aliphatic heterocycles. The molecule has 3 rings (SSSR count). The number of nitrogens with zero attached hydrogens (tertiary/aromatic N) is 2. The SMILES string of the molecule is CCOC(=O)c1c(O)c(-c2ccccc2)nn(CCc2ccccc2)c1=O. The van der Waals surface area contributed by atoms with Crippen molar-refractivity contribution in [1.29, 1.82) is 0 Å². The predicted molar refractivity (Wildman–Crippen MR) is 102 cm³/mol. The number of rotatable bonds is 6. The molecule has 0 aliphatic carbocycles. The Morgan fingerprint density at radius 1 is 1.07 bits per heavy atom. The van der Waals surface area contributed by atoms with Gasteiger partial charge in [-0.1, -0.05) is 60.7 Å². The van der Waals surface area contributed by atoms with Gasteiger partial charge in [-0.3, -0.25) is 4.79 Å². The van der Waals surface area contributed by atoms with E-state index in [9.17, 15) is 14.7 Å². The predicted octanol–water partition coefficient (Wildman–Crippen LogP) is 3.04. The smallest absolute Gasteiger partial charge is 0.347 e. The Hall–Kier alpha value is -3.41. The maximum absolute atomic E-state index is 12.8. The summed E-state index contributed by atoms with van der Waals surface area (Å²) in [7, 11) is 0. The highest BCUT2D eigenvalue weighted by Gasteiger charge is 2.24. The lowest BCUT2D eigenvalue weighted by atomic mass is 10.1. The summed E-state index contributed by atoms with van der Waals surface area (Å²) in [4.78, 5) is 25.0. The second kappa shape index (κ2) is 8.31. The average molecular weight is 364 g/mol. The van der Waals surface area contributed by atoms with Gasteiger partial charge in [0.2, 0.25) is 0 Å². The van der Waals surface area contributed by atoms with Crippen molar-refractivity contribution in [1.82, 2.24) is 9.78 Å². The minimum Gasteiger partial charge on any atom is -0.505 e. The van der Waals surface area contributed by atoms with Crippen molar-refractivity contribution in [3.8, 4) is 17.0 Å². The number of aromatic hydroxyl groups is 1. The van der Waals surface area contributed by atoms with Crippen molar-refractivity contribution in [3.05, 3.63) is 82.1 Å². The van der Waals surface area contributed by atoms with Crippen molar-refractivity contribution in [2.24, 2.45) is 0 Å². The Morgan fingerprint density at radius 2 is 1.70 bits per heavy atom. The van der Waals surface area contributed by atoms with E-state index < -0.39 is 22.8 Å². The Balaban J connectivity index is 2.07. The molecule has 6 heteroatoms. The molecule has 0 aliphatic rings. The Kier molecular flexibility index (Phi) is 5.66. The number of hydrogen-bond acceptors (Lipinski definition) is 5. The molecule has 1 heterocycles. The van der Waals surface area contributed by atoms with Crippen LogP contribution in [-0.4, -0.2) is 27.5 Å². The number of ether oxygens (including phenoxy) is 1. The molecule has 0 atom stereocenters. The van der Waals surface area contributed by atoms with Crippen LogP contribution < -0.4 is 5.56 Å². The molecule has 0 saturated carbocycles. The molecule has 0 unspecified atom stereocenters. The molecule has 1 N–H and O–H groups in total. The molecule has 0 fully saturated rings. The lowest BCUT2D eigenvalue weighted by molar-refractivity contribution is 0.0519. The first-order valence-electron chi connectivity index (χ1n) is 8.72. The average Bonchev–Trinajstić information content (AvgIpc) is 2.69. The number of aryl methyl sites for hydroxylation is 2. The molecular weight excluding hydrogens is 344 g/mol. The third-order valence-electron chi connectivity index (χ3n) is 4.11. The largest absolute Gasteiger partial charge is 0.505 e. The fraction of sp³-hybridized carbons (Fsp3) is 0.190. The van der Waals surface area contributed by atoms with Crippen LogP contribution in [0, 0.1) is 0 Å². The standard InChI is InChI=1S/C21H20N2O4/c1-2-27-21(26)17-19(24)18(16-11-7-4-8-12-16)22-23(20(17)25)14-13-15-9-5-3-6-10-15/h3-12,24H,2,13-14H2,1H3. The monoisotopic (exact) mass is 364 g/mol. The summed E-state index contributed by atoms with van der Waals surface area (Å²) in [5.41, 5.74) is 0.763. The van der Waals surface area contributed by atoms with Crippen molar-refractivity contribution in [2.75, 3.05) is 6.61 Å². The van der Waals surface area contributed by atoms with Gasteiger partial charge in [-0.2, -0.15) is 5.10 Å². The summed E-state index contributed by atoms with van der Waals surface area (Å²) in [6.07, 6.45) is 0.565. The van der Waals surface area contributed by atoms with Crippen molar-refractivity contribution >= 4 is 5.97 Å². The number of aromatic nitrogens is 2. The maximum atomic E-state index is 12.8. The second-order valence-electron chi connectivity index (χ2n) is 5.92. The van der Waals surface area contributed by atoms with E-state index in [1.807, 2.05) is 36.4 Å². The lowest BCUT2D eigenvalue weighted by Crippen LogP contribution is -2.30. The molecule has 3 aromatic rings. The zero-order valence-electron chi connectivity index (χ0n) is 15.0. The number of carbonyl (C=O) groups is 1. The second-order valence-corrected chi connectivity index (χ2v) is 5.92. The fourth-order valence-electron chi connectivity index (χ4n) is 2.77. The van der Waals surface area contributed by atoms with E-state index in [2.05, 4.69) is 5.10 Å². The van der Waals surface area contributed by atoms with Gasteiger partial charge in [0.1, 0.15) is 5.69 Å². The number of hydrogen-bond donors (Lipinski definition) is 1. The molecule has 0 bridgehead atoms. The van der Waals surface area contributed by atoms with Crippen LogP contribution in [0.5, 0.6) is 5.75 Å². The van der Waals surface area contributed by atoms with Crippen LogP contribution in [0.2, 0.25) is 0 Å². The van der Waals surface area contributed by atoms with Gasteiger partial charge < -0.3 is 9.84 Å². The molecule has 138 valence electrons. The molecule has 0 radical (unpaired) electrons. The van der Waals surface area contributed by atoms with Gasteiger partial charge >= 0.3 is 5.97 Å². The van der Waals surface area contributed by atoms with Gasteiger partial charge in [0.25, 0.3) is 5.56 Å². The van der Waals surface area contributed by atoms with E-state index in [1.165, 1.54) is 4.68 Å². The van der Waals surface area contributed by atoms with Gasteiger partial charge in [-0.05, 0) is 18.9 Å². The van der Waals surface area contributed by atoms with Crippen molar-refractivity contribution in [3.63, 3.8) is 0 Å². The van der Waals surface area contributed by atoms with E-state index in [0.29, 0.717) is 12.0 Å². The van der Waals surface area contributed by atoms with Gasteiger partial charge in [0, 0.05) is 12.1 Å². The van der Waals surface area contributed by atoms with E-state index in [0.717, 1.165) is 5.56 Å². The molecular formula is C21H20N2O4. The summed E-state index contributed by atoms with van der Waals surface area (Å²) < 4.78 is 6.17. The maximum Gasteiger partial charge on any atom is 0.347 e. The van der Waals surface area contributed by atoms with Crippen LogP contribution in [0.1, 0.15) is 22.8 Å². The third-order valence-corrected chi connectivity index (χ3v) is 4.11. The lowest BCUT2D eigenvalue weighted by Gasteiger charge is -2.13. The minimum atomic E-state index is -0.854. The first-order chi connectivity index (χ1) is 13.1. The molecule has 27 heavy (non-hydrogen) atoms. The first kappa shape index (κ1) is 18.4. The Labute approximate surface area is 156 Å². The summed E-state index contributed by atoms with van der Waals surface area (Å²) >= 11 is 0. The van der Waals surface area contributed by atoms with E-state index in [1.54, 1.807) is 31.2 Å². The molecule has 0 saturated heterocycles. The third kappa shape index (κ3) is 4.06.